The summed E-state index contributed by atoms with van der Waals surface area (Å²) in [6, 6.07) is -0.997. The predicted octanol–water partition coefficient (Wildman–Crippen LogP) is 1.93. The van der Waals surface area contributed by atoms with E-state index in [4.69, 9.17) is 5.11 Å². The zero-order chi connectivity index (χ0) is 13.9. The van der Waals surface area contributed by atoms with Crippen LogP contribution in [0.5, 0.6) is 0 Å². The van der Waals surface area contributed by atoms with Crippen LogP contribution in [-0.4, -0.2) is 40.6 Å². The van der Waals surface area contributed by atoms with Gasteiger partial charge in [-0.15, -0.1) is 0 Å². The van der Waals surface area contributed by atoms with E-state index in [1.54, 1.807) is 18.7 Å². The van der Waals surface area contributed by atoms with E-state index in [9.17, 15) is 9.59 Å². The smallest absolute Gasteiger partial charge is 0.326 e. The molecule has 104 valence electrons. The van der Waals surface area contributed by atoms with Crippen molar-refractivity contribution in [3.63, 3.8) is 0 Å². The lowest BCUT2D eigenvalue weighted by Gasteiger charge is -2.29. The Balaban J connectivity index is 2.61. The molecule has 1 rings (SSSR count). The normalized spacial score (nSPS) is 16.8. The molecule has 0 spiro atoms. The molecular formula is C13H24N2O3. The Morgan fingerprint density at radius 3 is 2.17 bits per heavy atom. The van der Waals surface area contributed by atoms with Crippen LogP contribution in [0.25, 0.3) is 0 Å². The Morgan fingerprint density at radius 2 is 1.83 bits per heavy atom. The Bertz CT molecular complexity index is 311. The number of carboxylic acids is 1. The van der Waals surface area contributed by atoms with Crippen molar-refractivity contribution in [3.05, 3.63) is 0 Å². The van der Waals surface area contributed by atoms with Gasteiger partial charge in [0.15, 0.2) is 0 Å². The summed E-state index contributed by atoms with van der Waals surface area (Å²) in [4.78, 5) is 24.9. The van der Waals surface area contributed by atoms with Gasteiger partial charge in [0.2, 0.25) is 0 Å². The molecule has 0 unspecified atom stereocenters. The number of hydrogen-bond donors (Lipinski definition) is 2. The first-order chi connectivity index (χ1) is 8.32. The van der Waals surface area contributed by atoms with E-state index < -0.39 is 12.0 Å². The molecule has 1 fully saturated rings. The van der Waals surface area contributed by atoms with Gasteiger partial charge >= 0.3 is 12.0 Å². The Hall–Kier alpha value is -1.26. The summed E-state index contributed by atoms with van der Waals surface area (Å²) in [5.74, 6) is -0.504. The summed E-state index contributed by atoms with van der Waals surface area (Å²) in [5, 5.41) is 11.7. The zero-order valence-electron chi connectivity index (χ0n) is 11.6. The van der Waals surface area contributed by atoms with Gasteiger partial charge in [-0.25, -0.2) is 9.59 Å². The summed E-state index contributed by atoms with van der Waals surface area (Å²) in [7, 11) is 0. The standard InChI is InChI=1S/C13H24N2O3/c1-8(2)11(12(16)17)14-13(18)15(9(3)4)7-10-5-6-10/h8-11H,5-7H2,1-4H3,(H,14,18)(H,16,17)/t11-/m0/s1. The summed E-state index contributed by atoms with van der Waals surface area (Å²) >= 11 is 0. The Morgan fingerprint density at radius 1 is 1.28 bits per heavy atom. The molecule has 18 heavy (non-hydrogen) atoms. The van der Waals surface area contributed by atoms with Crippen molar-refractivity contribution in [2.75, 3.05) is 6.54 Å². The van der Waals surface area contributed by atoms with E-state index >= 15 is 0 Å². The quantitative estimate of drug-likeness (QED) is 0.763. The average Bonchev–Trinajstić information content (AvgIpc) is 3.04. The molecule has 1 aliphatic carbocycles. The second kappa shape index (κ2) is 6.07. The number of nitrogens with zero attached hydrogens (tertiary/aromatic N) is 1. The van der Waals surface area contributed by atoms with E-state index in [0.717, 1.165) is 6.54 Å². The average molecular weight is 256 g/mol. The van der Waals surface area contributed by atoms with Gasteiger partial charge in [0.05, 0.1) is 0 Å². The number of carbonyl (C=O) groups is 2. The fraction of sp³-hybridized carbons (Fsp3) is 0.846. The third-order valence-corrected chi connectivity index (χ3v) is 3.25. The Kier molecular flexibility index (Phi) is 4.99. The van der Waals surface area contributed by atoms with Crippen molar-refractivity contribution in [2.24, 2.45) is 11.8 Å². The van der Waals surface area contributed by atoms with Gasteiger partial charge in [0.25, 0.3) is 0 Å². The first-order valence-electron chi connectivity index (χ1n) is 6.62. The van der Waals surface area contributed by atoms with Crippen molar-refractivity contribution in [1.82, 2.24) is 10.2 Å². The molecule has 5 nitrogen and oxygen atoms in total. The minimum absolute atomic E-state index is 0.0900. The molecule has 1 saturated carbocycles. The highest BCUT2D eigenvalue weighted by Crippen LogP contribution is 2.30. The molecule has 2 N–H and O–H groups in total. The first-order valence-corrected chi connectivity index (χ1v) is 6.62. The highest BCUT2D eigenvalue weighted by molar-refractivity contribution is 5.82. The highest BCUT2D eigenvalue weighted by Gasteiger charge is 2.31. The minimum Gasteiger partial charge on any atom is -0.480 e. The van der Waals surface area contributed by atoms with Gasteiger partial charge in [-0.05, 0) is 38.5 Å². The van der Waals surface area contributed by atoms with Gasteiger partial charge in [-0.1, -0.05) is 13.8 Å². The largest absolute Gasteiger partial charge is 0.480 e. The molecule has 1 atom stereocenters. The van der Waals surface area contributed by atoms with Crippen LogP contribution >= 0.6 is 0 Å². The maximum absolute atomic E-state index is 12.1. The van der Waals surface area contributed by atoms with E-state index in [1.807, 2.05) is 13.8 Å². The molecule has 0 radical (unpaired) electrons. The van der Waals surface area contributed by atoms with E-state index in [1.165, 1.54) is 12.8 Å². The molecule has 0 aliphatic heterocycles. The molecular weight excluding hydrogens is 232 g/mol. The van der Waals surface area contributed by atoms with E-state index in [-0.39, 0.29) is 18.0 Å². The van der Waals surface area contributed by atoms with Gasteiger partial charge in [-0.3, -0.25) is 0 Å². The maximum Gasteiger partial charge on any atom is 0.326 e. The summed E-state index contributed by atoms with van der Waals surface area (Å²) in [6.07, 6.45) is 2.34. The molecule has 2 amide bonds. The van der Waals surface area contributed by atoms with Gasteiger partial charge in [-0.2, -0.15) is 0 Å². The van der Waals surface area contributed by atoms with Gasteiger partial charge in [0.1, 0.15) is 6.04 Å². The molecule has 5 heteroatoms. The number of hydrogen-bond acceptors (Lipinski definition) is 2. The number of carboxylic acid groups (broad SMARTS) is 1. The van der Waals surface area contributed by atoms with Crippen LogP contribution in [0.2, 0.25) is 0 Å². The molecule has 0 aromatic heterocycles. The van der Waals surface area contributed by atoms with E-state index in [0.29, 0.717) is 5.92 Å². The van der Waals surface area contributed by atoms with Crippen molar-refractivity contribution >= 4 is 12.0 Å². The SMILES string of the molecule is CC(C)[C@H](NC(=O)N(CC1CC1)C(C)C)C(=O)O. The third kappa shape index (κ3) is 4.20. The number of carbonyl (C=O) groups excluding carboxylic acids is 1. The zero-order valence-corrected chi connectivity index (χ0v) is 11.6. The summed E-state index contributed by atoms with van der Waals surface area (Å²) < 4.78 is 0. The van der Waals surface area contributed by atoms with Crippen molar-refractivity contribution in [1.29, 1.82) is 0 Å². The minimum atomic E-state index is -0.978. The molecule has 0 aromatic carbocycles. The van der Waals surface area contributed by atoms with Crippen LogP contribution < -0.4 is 5.32 Å². The molecule has 0 aromatic rings. The Labute approximate surface area is 109 Å². The number of aliphatic carboxylic acids is 1. The number of nitrogens with one attached hydrogen (secondary N) is 1. The van der Waals surface area contributed by atoms with Gasteiger partial charge < -0.3 is 15.3 Å². The van der Waals surface area contributed by atoms with Crippen LogP contribution in [0.3, 0.4) is 0 Å². The van der Waals surface area contributed by atoms with Crippen LogP contribution in [0.4, 0.5) is 4.79 Å². The second-order valence-corrected chi connectivity index (χ2v) is 5.70. The van der Waals surface area contributed by atoms with Crippen molar-refractivity contribution < 1.29 is 14.7 Å². The van der Waals surface area contributed by atoms with Crippen LogP contribution in [0, 0.1) is 11.8 Å². The molecule has 0 saturated heterocycles. The lowest BCUT2D eigenvalue weighted by atomic mass is 10.1. The third-order valence-electron chi connectivity index (χ3n) is 3.25. The molecule has 0 bridgehead atoms. The first kappa shape index (κ1) is 14.8. The van der Waals surface area contributed by atoms with Crippen LogP contribution in [0.15, 0.2) is 0 Å². The monoisotopic (exact) mass is 256 g/mol. The highest BCUT2D eigenvalue weighted by atomic mass is 16.4. The number of amides is 2. The van der Waals surface area contributed by atoms with Crippen LogP contribution in [-0.2, 0) is 4.79 Å². The maximum atomic E-state index is 12.1. The van der Waals surface area contributed by atoms with Crippen LogP contribution in [0.1, 0.15) is 40.5 Å². The second-order valence-electron chi connectivity index (χ2n) is 5.70. The summed E-state index contributed by atoms with van der Waals surface area (Å²) in [5.41, 5.74) is 0. The van der Waals surface area contributed by atoms with E-state index in [2.05, 4.69) is 5.32 Å². The topological polar surface area (TPSA) is 69.6 Å². The van der Waals surface area contributed by atoms with Crippen molar-refractivity contribution in [3.8, 4) is 0 Å². The van der Waals surface area contributed by atoms with Gasteiger partial charge in [0, 0.05) is 12.6 Å². The summed E-state index contributed by atoms with van der Waals surface area (Å²) in [6.45, 7) is 8.22. The fourth-order valence-electron chi connectivity index (χ4n) is 1.84. The fourth-order valence-corrected chi connectivity index (χ4v) is 1.84. The molecule has 0 heterocycles. The lowest BCUT2D eigenvalue weighted by Crippen LogP contribution is -2.52. The lowest BCUT2D eigenvalue weighted by molar-refractivity contribution is -0.140. The number of urea groups is 1. The van der Waals surface area contributed by atoms with Crippen molar-refractivity contribution in [2.45, 2.75) is 52.6 Å². The predicted molar refractivity (Wildman–Crippen MR) is 69.4 cm³/mol. The molecule has 1 aliphatic rings. The number of rotatable bonds is 6.